The molecule has 0 saturated heterocycles. The highest BCUT2D eigenvalue weighted by atomic mass is 16.2. The summed E-state index contributed by atoms with van der Waals surface area (Å²) in [7, 11) is 1.64. The van der Waals surface area contributed by atoms with Gasteiger partial charge in [-0.3, -0.25) is 14.6 Å². The normalized spacial score (nSPS) is 12.0. The van der Waals surface area contributed by atoms with Gasteiger partial charge in [-0.15, -0.1) is 0 Å². The summed E-state index contributed by atoms with van der Waals surface area (Å²) in [5.41, 5.74) is 5.24. The number of para-hydroxylation sites is 1. The zero-order valence-corrected chi connectivity index (χ0v) is 23.3. The molecular weight excluding hydrogens is 498 g/mol. The van der Waals surface area contributed by atoms with E-state index in [4.69, 9.17) is 4.98 Å². The molecule has 0 aliphatic carbocycles. The fourth-order valence-corrected chi connectivity index (χ4v) is 5.26. The number of aryl methyl sites for hydroxylation is 2. The van der Waals surface area contributed by atoms with Gasteiger partial charge in [-0.05, 0) is 42.8 Å². The molecule has 0 fully saturated rings. The highest BCUT2D eigenvalue weighted by molar-refractivity contribution is 6.06. The van der Waals surface area contributed by atoms with Crippen LogP contribution in [-0.4, -0.2) is 33.4 Å². The van der Waals surface area contributed by atoms with E-state index >= 15 is 0 Å². The van der Waals surface area contributed by atoms with Crippen LogP contribution in [0, 0.1) is 6.92 Å². The molecule has 7 nitrogen and oxygen atoms in total. The summed E-state index contributed by atoms with van der Waals surface area (Å²) in [6.45, 7) is 4.72. The van der Waals surface area contributed by atoms with Gasteiger partial charge in [-0.25, -0.2) is 4.98 Å². The second-order valence-electron chi connectivity index (χ2n) is 10.2. The number of benzene rings is 3. The van der Waals surface area contributed by atoms with Crippen LogP contribution in [0.25, 0.3) is 33.2 Å². The zero-order valence-electron chi connectivity index (χ0n) is 23.3. The first kappa shape index (κ1) is 27.1. The number of amides is 2. The molecule has 3 aromatic carbocycles. The summed E-state index contributed by atoms with van der Waals surface area (Å²) in [6.07, 6.45) is 6.43. The van der Waals surface area contributed by atoms with Crippen molar-refractivity contribution in [3.8, 4) is 11.4 Å². The molecule has 2 aromatic heterocycles. The summed E-state index contributed by atoms with van der Waals surface area (Å²) in [6, 6.07) is 22.0. The average molecular weight is 534 g/mol. The molecule has 5 aromatic rings. The Morgan fingerprint density at radius 3 is 2.55 bits per heavy atom. The minimum atomic E-state index is -0.139. The Bertz CT molecular complexity index is 1650. The van der Waals surface area contributed by atoms with Crippen LogP contribution in [0.2, 0.25) is 0 Å². The first-order valence-electron chi connectivity index (χ1n) is 13.9. The second kappa shape index (κ2) is 12.1. The first-order valence-corrected chi connectivity index (χ1v) is 13.9. The standard InChI is InChI=1S/C33H35N5O2/c1-4-9-28(23-17-15-22(2)16-18-23)37-33(40)26-12-7-13-29-31(26)38(19-8-14-30(39)34-3)32(36-29)27-21-35-20-24-10-5-6-11-25(24)27/h5-7,10-13,15-18,20-21,28H,4,8-9,14,19H2,1-3H3,(H,34,39)(H,37,40)/t28-/m0/s1. The summed E-state index contributed by atoms with van der Waals surface area (Å²) in [5, 5.41) is 8.04. The molecule has 2 heterocycles. The largest absolute Gasteiger partial charge is 0.359 e. The highest BCUT2D eigenvalue weighted by Crippen LogP contribution is 2.32. The number of fused-ring (bicyclic) bond motifs is 2. The van der Waals surface area contributed by atoms with Crippen molar-refractivity contribution in [2.45, 2.75) is 52.1 Å². The molecule has 2 amide bonds. The van der Waals surface area contributed by atoms with E-state index in [9.17, 15) is 9.59 Å². The zero-order chi connectivity index (χ0) is 28.1. The number of imidazole rings is 1. The molecule has 0 bridgehead atoms. The van der Waals surface area contributed by atoms with Gasteiger partial charge in [0.25, 0.3) is 5.91 Å². The Labute approximate surface area is 234 Å². The fourth-order valence-electron chi connectivity index (χ4n) is 5.26. The number of carbonyl (C=O) groups is 2. The van der Waals surface area contributed by atoms with Crippen molar-refractivity contribution in [2.24, 2.45) is 0 Å². The van der Waals surface area contributed by atoms with Gasteiger partial charge in [0, 0.05) is 43.4 Å². The average Bonchev–Trinajstić information content (AvgIpc) is 3.35. The van der Waals surface area contributed by atoms with E-state index in [0.717, 1.165) is 51.6 Å². The van der Waals surface area contributed by atoms with Gasteiger partial charge in [-0.1, -0.05) is 73.5 Å². The van der Waals surface area contributed by atoms with Crippen LogP contribution in [0.1, 0.15) is 60.1 Å². The lowest BCUT2D eigenvalue weighted by atomic mass is 10.0. The smallest absolute Gasteiger partial charge is 0.253 e. The summed E-state index contributed by atoms with van der Waals surface area (Å²) >= 11 is 0. The van der Waals surface area contributed by atoms with Crippen LogP contribution in [0.15, 0.2) is 79.1 Å². The molecule has 0 radical (unpaired) electrons. The number of rotatable bonds is 10. The number of hydrogen-bond acceptors (Lipinski definition) is 4. The van der Waals surface area contributed by atoms with Crippen LogP contribution in [0.3, 0.4) is 0 Å². The van der Waals surface area contributed by atoms with Gasteiger partial charge in [0.15, 0.2) is 0 Å². The number of nitrogens with zero attached hydrogens (tertiary/aromatic N) is 3. The van der Waals surface area contributed by atoms with Gasteiger partial charge < -0.3 is 15.2 Å². The molecule has 204 valence electrons. The van der Waals surface area contributed by atoms with Crippen molar-refractivity contribution in [3.63, 3.8) is 0 Å². The minimum absolute atomic E-state index is 0.0173. The van der Waals surface area contributed by atoms with E-state index in [1.807, 2.05) is 48.8 Å². The maximum absolute atomic E-state index is 13.9. The highest BCUT2D eigenvalue weighted by Gasteiger charge is 2.22. The summed E-state index contributed by atoms with van der Waals surface area (Å²) < 4.78 is 2.08. The number of nitrogens with one attached hydrogen (secondary N) is 2. The van der Waals surface area contributed by atoms with Crippen LogP contribution < -0.4 is 10.6 Å². The number of hydrogen-bond donors (Lipinski definition) is 2. The van der Waals surface area contributed by atoms with E-state index < -0.39 is 0 Å². The molecule has 5 rings (SSSR count). The predicted octanol–water partition coefficient (Wildman–Crippen LogP) is 6.36. The van der Waals surface area contributed by atoms with Crippen molar-refractivity contribution < 1.29 is 9.59 Å². The molecule has 2 N–H and O–H groups in total. The quantitative estimate of drug-likeness (QED) is 0.219. The Morgan fingerprint density at radius 2 is 1.77 bits per heavy atom. The first-order chi connectivity index (χ1) is 19.5. The molecule has 0 saturated carbocycles. The third-order valence-electron chi connectivity index (χ3n) is 7.35. The van der Waals surface area contributed by atoms with Gasteiger partial charge in [0.05, 0.1) is 22.6 Å². The Morgan fingerprint density at radius 1 is 0.975 bits per heavy atom. The van der Waals surface area contributed by atoms with E-state index in [1.165, 1.54) is 5.56 Å². The maximum Gasteiger partial charge on any atom is 0.253 e. The number of carbonyl (C=O) groups excluding carboxylic acids is 2. The van der Waals surface area contributed by atoms with Gasteiger partial charge >= 0.3 is 0 Å². The van der Waals surface area contributed by atoms with E-state index in [1.54, 1.807) is 7.05 Å². The molecule has 0 unspecified atom stereocenters. The molecule has 0 spiro atoms. The van der Waals surface area contributed by atoms with Crippen molar-refractivity contribution in [3.05, 3.63) is 95.8 Å². The fraction of sp³-hybridized carbons (Fsp3) is 0.273. The Balaban J connectivity index is 1.60. The van der Waals surface area contributed by atoms with E-state index in [0.29, 0.717) is 24.9 Å². The molecule has 0 aliphatic heterocycles. The number of pyridine rings is 1. The predicted molar refractivity (Wildman–Crippen MR) is 160 cm³/mol. The maximum atomic E-state index is 13.9. The van der Waals surface area contributed by atoms with Gasteiger partial charge in [0.2, 0.25) is 5.91 Å². The van der Waals surface area contributed by atoms with E-state index in [2.05, 4.69) is 64.4 Å². The van der Waals surface area contributed by atoms with Crippen molar-refractivity contribution in [1.29, 1.82) is 0 Å². The Kier molecular flexibility index (Phi) is 8.20. The lowest BCUT2D eigenvalue weighted by Crippen LogP contribution is -2.29. The third kappa shape index (κ3) is 5.59. The van der Waals surface area contributed by atoms with Crippen LogP contribution in [-0.2, 0) is 11.3 Å². The topological polar surface area (TPSA) is 88.9 Å². The molecular formula is C33H35N5O2. The molecule has 1 atom stereocenters. The lowest BCUT2D eigenvalue weighted by molar-refractivity contribution is -0.120. The van der Waals surface area contributed by atoms with E-state index in [-0.39, 0.29) is 17.9 Å². The SMILES string of the molecule is CCC[C@H](NC(=O)c1cccc2nc(-c3cncc4ccccc34)n(CCCC(=O)NC)c12)c1ccc(C)cc1. The third-order valence-corrected chi connectivity index (χ3v) is 7.35. The van der Waals surface area contributed by atoms with Gasteiger partial charge in [-0.2, -0.15) is 0 Å². The van der Waals surface area contributed by atoms with Crippen LogP contribution in [0.5, 0.6) is 0 Å². The molecule has 7 heteroatoms. The van der Waals surface area contributed by atoms with Crippen molar-refractivity contribution >= 4 is 33.6 Å². The van der Waals surface area contributed by atoms with Crippen LogP contribution >= 0.6 is 0 Å². The molecule has 40 heavy (non-hydrogen) atoms. The molecule has 0 aliphatic rings. The summed E-state index contributed by atoms with van der Waals surface area (Å²) in [5.74, 6) is 0.580. The second-order valence-corrected chi connectivity index (χ2v) is 10.2. The van der Waals surface area contributed by atoms with Crippen LogP contribution in [0.4, 0.5) is 0 Å². The van der Waals surface area contributed by atoms with Crippen molar-refractivity contribution in [1.82, 2.24) is 25.2 Å². The number of aromatic nitrogens is 3. The lowest BCUT2D eigenvalue weighted by Gasteiger charge is -2.20. The monoisotopic (exact) mass is 533 g/mol. The van der Waals surface area contributed by atoms with Crippen molar-refractivity contribution in [2.75, 3.05) is 7.05 Å². The van der Waals surface area contributed by atoms with Gasteiger partial charge in [0.1, 0.15) is 5.82 Å². The summed E-state index contributed by atoms with van der Waals surface area (Å²) in [4.78, 5) is 35.4. The Hall–Kier alpha value is -4.52. The minimum Gasteiger partial charge on any atom is -0.359 e.